The molecule has 2 atom stereocenters. The number of ether oxygens (including phenoxy) is 1. The van der Waals surface area contributed by atoms with Crippen LogP contribution in [-0.4, -0.2) is 19.3 Å². The van der Waals surface area contributed by atoms with Gasteiger partial charge in [0.05, 0.1) is 17.7 Å². The van der Waals surface area contributed by atoms with Gasteiger partial charge in [-0.05, 0) is 32.0 Å². The third-order valence-electron chi connectivity index (χ3n) is 2.46. The van der Waals surface area contributed by atoms with E-state index in [2.05, 4.69) is 11.4 Å². The SMILES string of the molecule is COC(C)C(C)Nc1cccc(C#N)c1. The molecule has 1 aromatic rings. The van der Waals surface area contributed by atoms with E-state index >= 15 is 0 Å². The molecule has 0 aliphatic heterocycles. The van der Waals surface area contributed by atoms with Gasteiger partial charge in [0.15, 0.2) is 0 Å². The van der Waals surface area contributed by atoms with Gasteiger partial charge in [-0.3, -0.25) is 0 Å². The predicted molar refractivity (Wildman–Crippen MR) is 60.7 cm³/mol. The molecule has 80 valence electrons. The molecule has 0 amide bonds. The van der Waals surface area contributed by atoms with Crippen molar-refractivity contribution < 1.29 is 4.74 Å². The van der Waals surface area contributed by atoms with Gasteiger partial charge in [-0.1, -0.05) is 6.07 Å². The predicted octanol–water partition coefficient (Wildman–Crippen LogP) is 2.39. The summed E-state index contributed by atoms with van der Waals surface area (Å²) in [6.45, 7) is 4.05. The minimum atomic E-state index is 0.135. The van der Waals surface area contributed by atoms with Crippen molar-refractivity contribution in [2.24, 2.45) is 0 Å². The van der Waals surface area contributed by atoms with Crippen LogP contribution < -0.4 is 5.32 Å². The highest BCUT2D eigenvalue weighted by Gasteiger charge is 2.10. The highest BCUT2D eigenvalue weighted by atomic mass is 16.5. The molecule has 3 nitrogen and oxygen atoms in total. The molecule has 0 fully saturated rings. The molecule has 0 saturated carbocycles. The smallest absolute Gasteiger partial charge is 0.0992 e. The third-order valence-corrected chi connectivity index (χ3v) is 2.46. The van der Waals surface area contributed by atoms with E-state index in [9.17, 15) is 0 Å². The zero-order valence-corrected chi connectivity index (χ0v) is 9.32. The van der Waals surface area contributed by atoms with Gasteiger partial charge >= 0.3 is 0 Å². The summed E-state index contributed by atoms with van der Waals surface area (Å²) in [7, 11) is 1.69. The fourth-order valence-electron chi connectivity index (χ4n) is 1.26. The van der Waals surface area contributed by atoms with E-state index < -0.39 is 0 Å². The van der Waals surface area contributed by atoms with Crippen LogP contribution in [-0.2, 0) is 4.74 Å². The minimum Gasteiger partial charge on any atom is -0.380 e. The van der Waals surface area contributed by atoms with Crippen molar-refractivity contribution in [1.82, 2.24) is 0 Å². The van der Waals surface area contributed by atoms with E-state index in [0.717, 1.165) is 5.69 Å². The summed E-state index contributed by atoms with van der Waals surface area (Å²) in [5.41, 5.74) is 1.61. The quantitative estimate of drug-likeness (QED) is 0.819. The topological polar surface area (TPSA) is 45.0 Å². The Labute approximate surface area is 90.7 Å². The first-order valence-corrected chi connectivity index (χ1v) is 4.97. The van der Waals surface area contributed by atoms with Crippen molar-refractivity contribution in [2.75, 3.05) is 12.4 Å². The van der Waals surface area contributed by atoms with Crippen LogP contribution in [0.25, 0.3) is 0 Å². The summed E-state index contributed by atoms with van der Waals surface area (Å²) in [5, 5.41) is 12.0. The summed E-state index contributed by atoms with van der Waals surface area (Å²) in [6.07, 6.45) is 0.135. The number of nitrogens with zero attached hydrogens (tertiary/aromatic N) is 1. The molecule has 1 aromatic carbocycles. The number of hydrogen-bond donors (Lipinski definition) is 1. The van der Waals surface area contributed by atoms with Gasteiger partial charge in [-0.2, -0.15) is 5.26 Å². The Balaban J connectivity index is 2.68. The second-order valence-corrected chi connectivity index (χ2v) is 3.57. The van der Waals surface area contributed by atoms with Crippen molar-refractivity contribution in [3.8, 4) is 6.07 Å². The lowest BCUT2D eigenvalue weighted by Gasteiger charge is -2.21. The van der Waals surface area contributed by atoms with Gasteiger partial charge in [0, 0.05) is 18.8 Å². The number of rotatable bonds is 4. The molecule has 1 N–H and O–H groups in total. The number of nitrogens with one attached hydrogen (secondary N) is 1. The van der Waals surface area contributed by atoms with Crippen molar-refractivity contribution in [3.63, 3.8) is 0 Å². The zero-order chi connectivity index (χ0) is 11.3. The van der Waals surface area contributed by atoms with Crippen LogP contribution in [0.1, 0.15) is 19.4 Å². The van der Waals surface area contributed by atoms with E-state index in [-0.39, 0.29) is 12.1 Å². The number of methoxy groups -OCH3 is 1. The van der Waals surface area contributed by atoms with Crippen molar-refractivity contribution in [1.29, 1.82) is 5.26 Å². The lowest BCUT2D eigenvalue weighted by molar-refractivity contribution is 0.106. The van der Waals surface area contributed by atoms with Gasteiger partial charge < -0.3 is 10.1 Å². The molecule has 0 radical (unpaired) electrons. The van der Waals surface area contributed by atoms with Crippen LogP contribution in [0, 0.1) is 11.3 Å². The van der Waals surface area contributed by atoms with E-state index in [0.29, 0.717) is 5.56 Å². The Morgan fingerprint density at radius 2 is 2.13 bits per heavy atom. The first kappa shape index (κ1) is 11.5. The molecule has 0 heterocycles. The lowest BCUT2D eigenvalue weighted by Crippen LogP contribution is -2.29. The molecule has 0 saturated heterocycles. The van der Waals surface area contributed by atoms with Crippen LogP contribution in [0.15, 0.2) is 24.3 Å². The molecule has 3 heteroatoms. The van der Waals surface area contributed by atoms with Gasteiger partial charge in [-0.25, -0.2) is 0 Å². The maximum atomic E-state index is 8.75. The van der Waals surface area contributed by atoms with Crippen LogP contribution in [0.5, 0.6) is 0 Å². The number of benzene rings is 1. The summed E-state index contributed by atoms with van der Waals surface area (Å²) < 4.78 is 5.21. The average molecular weight is 204 g/mol. The number of anilines is 1. The third kappa shape index (κ3) is 3.26. The fourth-order valence-corrected chi connectivity index (χ4v) is 1.26. The van der Waals surface area contributed by atoms with E-state index in [1.54, 1.807) is 13.2 Å². The maximum Gasteiger partial charge on any atom is 0.0992 e. The van der Waals surface area contributed by atoms with Crippen LogP contribution in [0.2, 0.25) is 0 Å². The Kier molecular flexibility index (Phi) is 4.14. The van der Waals surface area contributed by atoms with E-state index in [4.69, 9.17) is 10.00 Å². The lowest BCUT2D eigenvalue weighted by atomic mass is 10.1. The summed E-state index contributed by atoms with van der Waals surface area (Å²) in [4.78, 5) is 0. The van der Waals surface area contributed by atoms with Gasteiger partial charge in [0.2, 0.25) is 0 Å². The summed E-state index contributed by atoms with van der Waals surface area (Å²) >= 11 is 0. The standard InChI is InChI=1S/C12H16N2O/c1-9(10(2)15-3)14-12-6-4-5-11(7-12)8-13/h4-7,9-10,14H,1-3H3. The van der Waals surface area contributed by atoms with Crippen molar-refractivity contribution >= 4 is 5.69 Å². The molecule has 0 aliphatic carbocycles. The van der Waals surface area contributed by atoms with Crippen LogP contribution >= 0.6 is 0 Å². The molecule has 0 bridgehead atoms. The second kappa shape index (κ2) is 5.38. The Hall–Kier alpha value is -1.53. The van der Waals surface area contributed by atoms with Crippen LogP contribution in [0.3, 0.4) is 0 Å². The Morgan fingerprint density at radius 3 is 2.73 bits per heavy atom. The zero-order valence-electron chi connectivity index (χ0n) is 9.32. The van der Waals surface area contributed by atoms with Gasteiger partial charge in [0.1, 0.15) is 0 Å². The number of nitriles is 1. The summed E-state index contributed by atoms with van der Waals surface area (Å²) in [6, 6.07) is 9.75. The molecule has 0 aliphatic rings. The number of hydrogen-bond acceptors (Lipinski definition) is 3. The summed E-state index contributed by atoms with van der Waals surface area (Å²) in [5.74, 6) is 0. The molecular weight excluding hydrogens is 188 g/mol. The van der Waals surface area contributed by atoms with E-state index in [1.807, 2.05) is 32.0 Å². The average Bonchev–Trinajstić information content (AvgIpc) is 2.28. The van der Waals surface area contributed by atoms with Crippen molar-refractivity contribution in [2.45, 2.75) is 26.0 Å². The molecule has 0 spiro atoms. The monoisotopic (exact) mass is 204 g/mol. The van der Waals surface area contributed by atoms with Crippen LogP contribution in [0.4, 0.5) is 5.69 Å². The molecule has 0 aromatic heterocycles. The Bertz CT molecular complexity index is 357. The highest BCUT2D eigenvalue weighted by molar-refractivity contribution is 5.49. The first-order chi connectivity index (χ1) is 7.17. The maximum absolute atomic E-state index is 8.75. The highest BCUT2D eigenvalue weighted by Crippen LogP contribution is 2.12. The Morgan fingerprint density at radius 1 is 1.40 bits per heavy atom. The molecule has 1 rings (SSSR count). The minimum absolute atomic E-state index is 0.135. The second-order valence-electron chi connectivity index (χ2n) is 3.57. The van der Waals surface area contributed by atoms with Crippen molar-refractivity contribution in [3.05, 3.63) is 29.8 Å². The molecule has 15 heavy (non-hydrogen) atoms. The van der Waals surface area contributed by atoms with E-state index in [1.165, 1.54) is 0 Å². The van der Waals surface area contributed by atoms with Gasteiger partial charge in [0.25, 0.3) is 0 Å². The van der Waals surface area contributed by atoms with Gasteiger partial charge in [-0.15, -0.1) is 0 Å². The molecular formula is C12H16N2O. The first-order valence-electron chi connectivity index (χ1n) is 4.97. The fraction of sp³-hybridized carbons (Fsp3) is 0.417. The molecule has 2 unspecified atom stereocenters. The normalized spacial score (nSPS) is 14.0. The largest absolute Gasteiger partial charge is 0.380 e.